The van der Waals surface area contributed by atoms with Gasteiger partial charge >= 0.3 is 0 Å². The van der Waals surface area contributed by atoms with Crippen LogP contribution in [0.2, 0.25) is 0 Å². The van der Waals surface area contributed by atoms with Crippen molar-refractivity contribution in [2.45, 2.75) is 34.2 Å². The molecule has 2 heteroatoms. The van der Waals surface area contributed by atoms with Gasteiger partial charge in [0.25, 0.3) is 0 Å². The quantitative estimate of drug-likeness (QED) is 0.838. The lowest BCUT2D eigenvalue weighted by Gasteiger charge is -2.19. The van der Waals surface area contributed by atoms with Crippen molar-refractivity contribution in [3.8, 4) is 5.75 Å². The molecule has 2 nitrogen and oxygen atoms in total. The molecule has 0 amide bonds. The maximum atomic E-state index is 6.11. The van der Waals surface area contributed by atoms with E-state index in [9.17, 15) is 0 Å². The third-order valence-corrected chi connectivity index (χ3v) is 3.03. The number of allylic oxidation sites excluding steroid dienone is 2. The first-order valence-corrected chi connectivity index (χ1v) is 6.33. The molecular weight excluding hydrogens is 210 g/mol. The Morgan fingerprint density at radius 1 is 1.06 bits per heavy atom. The highest BCUT2D eigenvalue weighted by Gasteiger charge is 2.20. The first kappa shape index (κ1) is 12.0. The van der Waals surface area contributed by atoms with Crippen LogP contribution in [-0.2, 0) is 6.54 Å². The van der Waals surface area contributed by atoms with Crippen molar-refractivity contribution in [2.75, 3.05) is 0 Å². The molecule has 17 heavy (non-hydrogen) atoms. The zero-order valence-electron chi connectivity index (χ0n) is 11.1. The Bertz CT molecular complexity index is 432. The first-order valence-electron chi connectivity index (χ1n) is 6.33. The molecular formula is C15H21NO. The van der Waals surface area contributed by atoms with Crippen LogP contribution in [0.5, 0.6) is 5.75 Å². The van der Waals surface area contributed by atoms with E-state index in [0.717, 1.165) is 18.1 Å². The van der Waals surface area contributed by atoms with E-state index in [-0.39, 0.29) is 0 Å². The summed E-state index contributed by atoms with van der Waals surface area (Å²) in [6, 6.07) is 8.24. The van der Waals surface area contributed by atoms with Gasteiger partial charge in [-0.2, -0.15) is 0 Å². The van der Waals surface area contributed by atoms with Gasteiger partial charge in [0.2, 0.25) is 0 Å². The second-order valence-electron chi connectivity index (χ2n) is 5.15. The molecule has 0 atom stereocenters. The van der Waals surface area contributed by atoms with Gasteiger partial charge in [0.15, 0.2) is 0 Å². The third kappa shape index (κ3) is 2.46. The van der Waals surface area contributed by atoms with Crippen molar-refractivity contribution in [3.05, 3.63) is 41.3 Å². The average molecular weight is 231 g/mol. The van der Waals surface area contributed by atoms with E-state index in [1.165, 1.54) is 11.3 Å². The lowest BCUT2D eigenvalue weighted by atomic mass is 10.0. The van der Waals surface area contributed by atoms with Gasteiger partial charge in [0.1, 0.15) is 11.5 Å². The first-order chi connectivity index (χ1) is 8.09. The Hall–Kier alpha value is -1.44. The SMILES string of the molecule is CC(C)C1=C(C(C)C)Oc2ccccc2CN1. The predicted octanol–water partition coefficient (Wildman–Crippen LogP) is 3.69. The van der Waals surface area contributed by atoms with Gasteiger partial charge in [0.05, 0.1) is 5.70 Å². The molecule has 1 heterocycles. The second kappa shape index (κ2) is 4.82. The highest BCUT2D eigenvalue weighted by molar-refractivity contribution is 5.37. The van der Waals surface area contributed by atoms with Crippen LogP contribution in [0.4, 0.5) is 0 Å². The summed E-state index contributed by atoms with van der Waals surface area (Å²) in [6.07, 6.45) is 0. The van der Waals surface area contributed by atoms with Gasteiger partial charge in [-0.25, -0.2) is 0 Å². The van der Waals surface area contributed by atoms with Crippen LogP contribution in [0.25, 0.3) is 0 Å². The van der Waals surface area contributed by atoms with Gasteiger partial charge in [-0.05, 0) is 12.0 Å². The standard InChI is InChI=1S/C15H21NO/c1-10(2)14-15(11(3)4)17-13-8-6-5-7-12(13)9-16-14/h5-8,10-11,16H,9H2,1-4H3. The number of benzene rings is 1. The maximum absolute atomic E-state index is 6.11. The molecule has 0 bridgehead atoms. The molecule has 0 saturated carbocycles. The zero-order chi connectivity index (χ0) is 12.4. The topological polar surface area (TPSA) is 21.3 Å². The summed E-state index contributed by atoms with van der Waals surface area (Å²) in [5.74, 6) is 2.91. The summed E-state index contributed by atoms with van der Waals surface area (Å²) in [6.45, 7) is 9.59. The minimum absolute atomic E-state index is 0.394. The van der Waals surface area contributed by atoms with Crippen molar-refractivity contribution in [2.24, 2.45) is 11.8 Å². The molecule has 92 valence electrons. The van der Waals surface area contributed by atoms with Gasteiger partial charge in [0, 0.05) is 18.0 Å². The third-order valence-electron chi connectivity index (χ3n) is 3.03. The van der Waals surface area contributed by atoms with Crippen molar-refractivity contribution in [1.82, 2.24) is 5.32 Å². The van der Waals surface area contributed by atoms with E-state index in [4.69, 9.17) is 4.74 Å². The molecule has 0 radical (unpaired) electrons. The number of nitrogens with one attached hydrogen (secondary N) is 1. The summed E-state index contributed by atoms with van der Waals surface area (Å²) in [5, 5.41) is 3.52. The largest absolute Gasteiger partial charge is 0.459 e. The van der Waals surface area contributed by atoms with Crippen LogP contribution >= 0.6 is 0 Å². The predicted molar refractivity (Wildman–Crippen MR) is 70.6 cm³/mol. The number of hydrogen-bond acceptors (Lipinski definition) is 2. The molecule has 1 N–H and O–H groups in total. The maximum Gasteiger partial charge on any atom is 0.132 e. The van der Waals surface area contributed by atoms with E-state index in [1.54, 1.807) is 0 Å². The van der Waals surface area contributed by atoms with E-state index in [1.807, 2.05) is 12.1 Å². The number of rotatable bonds is 2. The summed E-state index contributed by atoms with van der Waals surface area (Å²) in [5.41, 5.74) is 2.46. The van der Waals surface area contributed by atoms with Crippen LogP contribution < -0.4 is 10.1 Å². The number of ether oxygens (including phenoxy) is 1. The van der Waals surface area contributed by atoms with Gasteiger partial charge < -0.3 is 10.1 Å². The number of fused-ring (bicyclic) bond motifs is 1. The molecule has 0 saturated heterocycles. The molecule has 1 aliphatic heterocycles. The molecule has 0 aromatic heterocycles. The normalized spacial score (nSPS) is 15.4. The van der Waals surface area contributed by atoms with Crippen molar-refractivity contribution < 1.29 is 4.74 Å². The Labute approximate surface area is 104 Å². The lowest BCUT2D eigenvalue weighted by Crippen LogP contribution is -2.20. The summed E-state index contributed by atoms with van der Waals surface area (Å²) < 4.78 is 6.11. The fraction of sp³-hybridized carbons (Fsp3) is 0.467. The molecule has 1 aromatic carbocycles. The van der Waals surface area contributed by atoms with E-state index < -0.39 is 0 Å². The Morgan fingerprint density at radius 3 is 2.41 bits per heavy atom. The number of para-hydroxylation sites is 1. The molecule has 2 rings (SSSR count). The van der Waals surface area contributed by atoms with E-state index >= 15 is 0 Å². The lowest BCUT2D eigenvalue weighted by molar-refractivity contribution is 0.353. The Balaban J connectivity index is 2.41. The minimum atomic E-state index is 0.394. The monoisotopic (exact) mass is 231 g/mol. The zero-order valence-corrected chi connectivity index (χ0v) is 11.1. The fourth-order valence-corrected chi connectivity index (χ4v) is 2.12. The summed E-state index contributed by atoms with van der Waals surface area (Å²) >= 11 is 0. The van der Waals surface area contributed by atoms with Crippen LogP contribution in [0.15, 0.2) is 35.7 Å². The van der Waals surface area contributed by atoms with Crippen molar-refractivity contribution in [3.63, 3.8) is 0 Å². The van der Waals surface area contributed by atoms with Crippen LogP contribution in [0.1, 0.15) is 33.3 Å². The van der Waals surface area contributed by atoms with Gasteiger partial charge in [-0.15, -0.1) is 0 Å². The Morgan fingerprint density at radius 2 is 1.76 bits per heavy atom. The second-order valence-corrected chi connectivity index (χ2v) is 5.15. The van der Waals surface area contributed by atoms with Crippen LogP contribution in [0.3, 0.4) is 0 Å². The summed E-state index contributed by atoms with van der Waals surface area (Å²) in [4.78, 5) is 0. The Kier molecular flexibility index (Phi) is 3.41. The fourth-order valence-electron chi connectivity index (χ4n) is 2.12. The molecule has 1 aromatic rings. The van der Waals surface area contributed by atoms with Crippen LogP contribution in [0, 0.1) is 11.8 Å². The molecule has 0 spiro atoms. The van der Waals surface area contributed by atoms with E-state index in [0.29, 0.717) is 11.8 Å². The highest BCUT2D eigenvalue weighted by Crippen LogP contribution is 2.29. The van der Waals surface area contributed by atoms with E-state index in [2.05, 4.69) is 45.1 Å². The minimum Gasteiger partial charge on any atom is -0.459 e. The van der Waals surface area contributed by atoms with Gasteiger partial charge in [-0.3, -0.25) is 0 Å². The molecule has 0 fully saturated rings. The van der Waals surface area contributed by atoms with Crippen molar-refractivity contribution in [1.29, 1.82) is 0 Å². The van der Waals surface area contributed by atoms with Gasteiger partial charge in [-0.1, -0.05) is 45.9 Å². The van der Waals surface area contributed by atoms with Crippen molar-refractivity contribution >= 4 is 0 Å². The number of hydrogen-bond donors (Lipinski definition) is 1. The summed E-state index contributed by atoms with van der Waals surface area (Å²) in [7, 11) is 0. The molecule has 1 aliphatic rings. The smallest absolute Gasteiger partial charge is 0.132 e. The highest BCUT2D eigenvalue weighted by atomic mass is 16.5. The average Bonchev–Trinajstić information content (AvgIpc) is 2.47. The van der Waals surface area contributed by atoms with Crippen LogP contribution in [-0.4, -0.2) is 0 Å². The molecule has 0 unspecified atom stereocenters. The molecule has 0 aliphatic carbocycles.